The third-order valence-corrected chi connectivity index (χ3v) is 5.30. The molecule has 1 aromatic carbocycles. The van der Waals surface area contributed by atoms with E-state index in [2.05, 4.69) is 4.72 Å². The van der Waals surface area contributed by atoms with E-state index in [1.54, 1.807) is 0 Å². The molecule has 0 radical (unpaired) electrons. The summed E-state index contributed by atoms with van der Waals surface area (Å²) in [4.78, 5) is -0.416. The topological polar surface area (TPSA) is 66.4 Å². The molecule has 0 saturated heterocycles. The molecule has 4 nitrogen and oxygen atoms in total. The van der Waals surface area contributed by atoms with Crippen LogP contribution in [-0.2, 0) is 16.2 Å². The van der Waals surface area contributed by atoms with Crippen molar-refractivity contribution in [1.82, 2.24) is 4.72 Å². The Morgan fingerprint density at radius 2 is 1.95 bits per heavy atom. The third kappa shape index (κ3) is 3.38. The first kappa shape index (κ1) is 16.3. The fourth-order valence-electron chi connectivity index (χ4n) is 2.28. The first-order valence-corrected chi connectivity index (χ1v) is 7.92. The average Bonchev–Trinajstić information content (AvgIpc) is 2.32. The molecule has 2 N–H and O–H groups in total. The summed E-state index contributed by atoms with van der Waals surface area (Å²) in [5, 5.41) is 9.87. The van der Waals surface area contributed by atoms with E-state index >= 15 is 0 Å². The van der Waals surface area contributed by atoms with Crippen LogP contribution in [0.5, 0.6) is 0 Å². The fraction of sp³-hybridized carbons (Fsp3) is 0.538. The van der Waals surface area contributed by atoms with Gasteiger partial charge in [0.1, 0.15) is 0 Å². The molecule has 2 rings (SSSR count). The minimum absolute atomic E-state index is 0.189. The van der Waals surface area contributed by atoms with Crippen LogP contribution in [0, 0.1) is 6.92 Å². The van der Waals surface area contributed by atoms with Gasteiger partial charge < -0.3 is 5.11 Å². The summed E-state index contributed by atoms with van der Waals surface area (Å²) in [5.41, 5.74) is -2.41. The van der Waals surface area contributed by atoms with Crippen LogP contribution >= 0.6 is 0 Å². The van der Waals surface area contributed by atoms with Crippen molar-refractivity contribution in [3.63, 3.8) is 0 Å². The third-order valence-electron chi connectivity index (χ3n) is 3.75. The van der Waals surface area contributed by atoms with E-state index in [4.69, 9.17) is 0 Å². The molecule has 0 bridgehead atoms. The van der Waals surface area contributed by atoms with Gasteiger partial charge in [-0.2, -0.15) is 13.2 Å². The number of benzene rings is 1. The summed E-state index contributed by atoms with van der Waals surface area (Å²) in [6.45, 7) is 0.931. The summed E-state index contributed by atoms with van der Waals surface area (Å²) < 4.78 is 64.9. The van der Waals surface area contributed by atoms with Gasteiger partial charge in [0, 0.05) is 6.54 Å². The van der Waals surface area contributed by atoms with E-state index in [-0.39, 0.29) is 12.1 Å². The van der Waals surface area contributed by atoms with E-state index in [1.165, 1.54) is 0 Å². The van der Waals surface area contributed by atoms with E-state index in [0.29, 0.717) is 12.8 Å². The number of rotatable bonds is 4. The summed E-state index contributed by atoms with van der Waals surface area (Å²) in [7, 11) is -4.09. The molecule has 1 saturated carbocycles. The van der Waals surface area contributed by atoms with Crippen LogP contribution in [0.3, 0.4) is 0 Å². The van der Waals surface area contributed by atoms with Crippen molar-refractivity contribution < 1.29 is 26.7 Å². The second-order valence-corrected chi connectivity index (χ2v) is 7.06. The van der Waals surface area contributed by atoms with Crippen LogP contribution in [0.4, 0.5) is 13.2 Å². The van der Waals surface area contributed by atoms with Crippen molar-refractivity contribution in [2.24, 2.45) is 0 Å². The molecule has 0 unspecified atom stereocenters. The molecule has 1 aromatic rings. The lowest BCUT2D eigenvalue weighted by atomic mass is 9.81. The van der Waals surface area contributed by atoms with Gasteiger partial charge >= 0.3 is 6.18 Å². The molecule has 0 amide bonds. The molecule has 0 atom stereocenters. The zero-order valence-electron chi connectivity index (χ0n) is 11.4. The molecular formula is C13H16F3NO3S. The number of hydrogen-bond donors (Lipinski definition) is 2. The maximum absolute atomic E-state index is 12.8. The normalized spacial score (nSPS) is 18.3. The van der Waals surface area contributed by atoms with Crippen LogP contribution in [0.2, 0.25) is 0 Å². The molecule has 118 valence electrons. The highest BCUT2D eigenvalue weighted by Crippen LogP contribution is 2.34. The minimum Gasteiger partial charge on any atom is -0.389 e. The second kappa shape index (κ2) is 5.26. The largest absolute Gasteiger partial charge is 0.416 e. The highest BCUT2D eigenvalue weighted by atomic mass is 32.2. The molecule has 1 aliphatic carbocycles. The van der Waals surface area contributed by atoms with Crippen molar-refractivity contribution in [3.05, 3.63) is 29.3 Å². The lowest BCUT2D eigenvalue weighted by Crippen LogP contribution is -2.47. The molecule has 0 aromatic heterocycles. The predicted octanol–water partition coefficient (Wildman–Crippen LogP) is 2.21. The Bertz CT molecular complexity index is 637. The molecule has 0 aliphatic heterocycles. The van der Waals surface area contributed by atoms with Crippen LogP contribution in [0.15, 0.2) is 23.1 Å². The Morgan fingerprint density at radius 3 is 2.43 bits per heavy atom. The zero-order valence-corrected chi connectivity index (χ0v) is 12.2. The summed E-state index contributed by atoms with van der Waals surface area (Å²) in [6, 6.07) is 3.02. The van der Waals surface area contributed by atoms with Crippen molar-refractivity contribution in [2.75, 3.05) is 6.54 Å². The molecule has 0 spiro atoms. The lowest BCUT2D eigenvalue weighted by Gasteiger charge is -2.36. The predicted molar refractivity (Wildman–Crippen MR) is 70.2 cm³/mol. The standard InChI is InChI=1S/C13H16F3NO3S/c1-9-10(13(14,15)16)4-2-5-11(9)21(19,20)17-8-12(18)6-3-7-12/h2,4-5,17-18H,3,6-8H2,1H3. The monoisotopic (exact) mass is 323 g/mol. The number of halogens is 3. The van der Waals surface area contributed by atoms with Gasteiger partial charge in [-0.25, -0.2) is 13.1 Å². The van der Waals surface area contributed by atoms with Crippen LogP contribution in [-0.4, -0.2) is 25.7 Å². The van der Waals surface area contributed by atoms with Gasteiger partial charge in [-0.3, -0.25) is 0 Å². The molecule has 0 heterocycles. The average molecular weight is 323 g/mol. The van der Waals surface area contributed by atoms with Crippen LogP contribution < -0.4 is 4.72 Å². The van der Waals surface area contributed by atoms with Crippen molar-refractivity contribution in [1.29, 1.82) is 0 Å². The van der Waals surface area contributed by atoms with Crippen LogP contribution in [0.1, 0.15) is 30.4 Å². The first-order chi connectivity index (χ1) is 9.55. The minimum atomic E-state index is -4.61. The van der Waals surface area contributed by atoms with Gasteiger partial charge in [-0.05, 0) is 43.9 Å². The summed E-state index contributed by atoms with van der Waals surface area (Å²) >= 11 is 0. The van der Waals surface area contributed by atoms with Gasteiger partial charge in [0.25, 0.3) is 0 Å². The van der Waals surface area contributed by atoms with E-state index in [9.17, 15) is 26.7 Å². The highest BCUT2D eigenvalue weighted by molar-refractivity contribution is 7.89. The second-order valence-electron chi connectivity index (χ2n) is 5.33. The van der Waals surface area contributed by atoms with Gasteiger partial charge in [0.2, 0.25) is 10.0 Å². The molecule has 8 heteroatoms. The summed E-state index contributed by atoms with van der Waals surface area (Å²) in [6.07, 6.45) is -2.84. The van der Waals surface area contributed by atoms with E-state index in [1.807, 2.05) is 0 Å². The maximum atomic E-state index is 12.8. The van der Waals surface area contributed by atoms with E-state index in [0.717, 1.165) is 31.5 Å². The summed E-state index contributed by atoms with van der Waals surface area (Å²) in [5.74, 6) is 0. The quantitative estimate of drug-likeness (QED) is 0.893. The van der Waals surface area contributed by atoms with Crippen molar-refractivity contribution in [3.8, 4) is 0 Å². The molecular weight excluding hydrogens is 307 g/mol. The first-order valence-electron chi connectivity index (χ1n) is 6.44. The molecule has 21 heavy (non-hydrogen) atoms. The lowest BCUT2D eigenvalue weighted by molar-refractivity contribution is -0.138. The number of nitrogens with one attached hydrogen (secondary N) is 1. The highest BCUT2D eigenvalue weighted by Gasteiger charge is 2.37. The van der Waals surface area contributed by atoms with E-state index < -0.39 is 32.3 Å². The number of aliphatic hydroxyl groups is 1. The molecule has 1 aliphatic rings. The van der Waals surface area contributed by atoms with Gasteiger partial charge in [-0.15, -0.1) is 0 Å². The van der Waals surface area contributed by atoms with Crippen LogP contribution in [0.25, 0.3) is 0 Å². The van der Waals surface area contributed by atoms with Gasteiger partial charge in [0.05, 0.1) is 16.1 Å². The Morgan fingerprint density at radius 1 is 1.33 bits per heavy atom. The molecule has 1 fully saturated rings. The van der Waals surface area contributed by atoms with Crippen molar-refractivity contribution in [2.45, 2.75) is 42.9 Å². The zero-order chi connectivity index (χ0) is 15.9. The smallest absolute Gasteiger partial charge is 0.389 e. The number of alkyl halides is 3. The Kier molecular flexibility index (Phi) is 4.07. The van der Waals surface area contributed by atoms with Crippen molar-refractivity contribution >= 4 is 10.0 Å². The Hall–Kier alpha value is -1.12. The maximum Gasteiger partial charge on any atom is 0.416 e. The Balaban J connectivity index is 2.28. The van der Waals surface area contributed by atoms with Gasteiger partial charge in [-0.1, -0.05) is 6.07 Å². The van der Waals surface area contributed by atoms with Gasteiger partial charge in [0.15, 0.2) is 0 Å². The Labute approximate surface area is 121 Å². The SMILES string of the molecule is Cc1c(C(F)(F)F)cccc1S(=O)(=O)NCC1(O)CCC1. The fourth-order valence-corrected chi connectivity index (χ4v) is 3.67. The number of hydrogen-bond acceptors (Lipinski definition) is 3. The number of sulfonamides is 1.